The number of halogens is 1. The van der Waals surface area contributed by atoms with Crippen LogP contribution in [0.3, 0.4) is 0 Å². The summed E-state index contributed by atoms with van der Waals surface area (Å²) in [5, 5.41) is 27.3. The Kier molecular flexibility index (Phi) is 11.2. The maximum atomic E-state index is 9.18. The fraction of sp³-hybridized carbons (Fsp3) is 0.471. The number of carboxylic acids is 2. The molecule has 26 heavy (non-hydrogen) atoms. The van der Waals surface area contributed by atoms with Crippen LogP contribution in [0.5, 0.6) is 5.75 Å². The monoisotopic (exact) mass is 430 g/mol. The molecule has 1 aromatic carbocycles. The van der Waals surface area contributed by atoms with Gasteiger partial charge in [0.2, 0.25) is 0 Å². The molecule has 144 valence electrons. The van der Waals surface area contributed by atoms with Crippen LogP contribution >= 0.6 is 15.9 Å². The minimum atomic E-state index is -1.82. The number of carboxylic acid groups (broad SMARTS) is 2. The molecule has 0 saturated carbocycles. The van der Waals surface area contributed by atoms with E-state index in [0.29, 0.717) is 24.5 Å². The highest BCUT2D eigenvalue weighted by molar-refractivity contribution is 9.10. The number of hydrogen-bond donors (Lipinski definition) is 3. The molecule has 3 N–H and O–H groups in total. The number of rotatable bonds is 8. The van der Waals surface area contributed by atoms with Gasteiger partial charge in [-0.1, -0.05) is 29.8 Å². The molecule has 1 aromatic rings. The fourth-order valence-corrected chi connectivity index (χ4v) is 2.28. The minimum absolute atomic E-state index is 0.481. The molecule has 0 aliphatic heterocycles. The molecule has 0 aromatic heterocycles. The normalized spacial score (nSPS) is 10.3. The summed E-state index contributed by atoms with van der Waals surface area (Å²) in [7, 11) is 1.67. The van der Waals surface area contributed by atoms with Crippen molar-refractivity contribution < 1.29 is 29.3 Å². The summed E-state index contributed by atoms with van der Waals surface area (Å²) in [4.78, 5) is 18.2. The second-order valence-corrected chi connectivity index (χ2v) is 6.00. The van der Waals surface area contributed by atoms with Crippen LogP contribution in [0.4, 0.5) is 0 Å². The highest BCUT2D eigenvalue weighted by Gasteiger charge is 2.28. The van der Waals surface area contributed by atoms with Gasteiger partial charge in [-0.25, -0.2) is 9.59 Å². The van der Waals surface area contributed by atoms with E-state index in [4.69, 9.17) is 29.3 Å². The van der Waals surface area contributed by atoms with Gasteiger partial charge in [0, 0.05) is 18.1 Å². The summed E-state index contributed by atoms with van der Waals surface area (Å²) < 4.78 is 12.1. The van der Waals surface area contributed by atoms with Crippen LogP contribution in [0.25, 0.3) is 0 Å². The highest BCUT2D eigenvalue weighted by Crippen LogP contribution is 2.28. The zero-order valence-corrected chi connectivity index (χ0v) is 16.5. The molecule has 0 aliphatic rings. The first kappa shape index (κ1) is 23.9. The van der Waals surface area contributed by atoms with Crippen molar-refractivity contribution in [2.75, 3.05) is 20.3 Å². The van der Waals surface area contributed by atoms with Gasteiger partial charge in [0.25, 0.3) is 0 Å². The number of ether oxygens (including phenoxy) is 2. The van der Waals surface area contributed by atoms with E-state index in [2.05, 4.69) is 41.2 Å². The van der Waals surface area contributed by atoms with Crippen molar-refractivity contribution in [1.82, 2.24) is 5.32 Å². The van der Waals surface area contributed by atoms with Crippen LogP contribution in [0, 0.1) is 11.3 Å². The minimum Gasteiger partial charge on any atom is -0.473 e. The van der Waals surface area contributed by atoms with Crippen LogP contribution in [0.1, 0.15) is 32.3 Å². The Morgan fingerprint density at radius 3 is 2.27 bits per heavy atom. The summed E-state index contributed by atoms with van der Waals surface area (Å²) >= 11 is 3.41. The van der Waals surface area contributed by atoms with E-state index in [0.717, 1.165) is 17.3 Å². The van der Waals surface area contributed by atoms with Crippen LogP contribution < -0.4 is 10.1 Å². The Balaban J connectivity index is 0.000000896. The molecule has 0 fully saturated rings. The molecular formula is C17H23BrN2O6. The molecule has 0 bridgehead atoms. The third-order valence-electron chi connectivity index (χ3n) is 3.45. The van der Waals surface area contributed by atoms with E-state index in [9.17, 15) is 5.26 Å². The molecule has 8 nitrogen and oxygen atoms in total. The fourth-order valence-electron chi connectivity index (χ4n) is 1.94. The smallest absolute Gasteiger partial charge is 0.414 e. The Morgan fingerprint density at radius 1 is 1.27 bits per heavy atom. The number of aliphatic carboxylic acids is 2. The Hall–Kier alpha value is -2.15. The van der Waals surface area contributed by atoms with Crippen molar-refractivity contribution in [1.29, 1.82) is 5.26 Å². The maximum absolute atomic E-state index is 9.18. The molecule has 0 atom stereocenters. The Bertz CT molecular complexity index is 629. The van der Waals surface area contributed by atoms with Gasteiger partial charge in [0.05, 0.1) is 12.2 Å². The Morgan fingerprint density at radius 2 is 1.85 bits per heavy atom. The summed E-state index contributed by atoms with van der Waals surface area (Å²) in [6.45, 7) is 5.45. The van der Waals surface area contributed by atoms with E-state index in [1.807, 2.05) is 12.1 Å². The summed E-state index contributed by atoms with van der Waals surface area (Å²) in [5.41, 5.74) is 0.0540. The molecule has 0 saturated heterocycles. The molecule has 0 radical (unpaired) electrons. The third-order valence-corrected chi connectivity index (χ3v) is 3.94. The average Bonchev–Trinajstić information content (AvgIpc) is 2.61. The predicted octanol–water partition coefficient (Wildman–Crippen LogP) is 2.61. The molecule has 0 unspecified atom stereocenters. The van der Waals surface area contributed by atoms with Gasteiger partial charge in [-0.2, -0.15) is 5.26 Å². The van der Waals surface area contributed by atoms with Crippen molar-refractivity contribution in [3.05, 3.63) is 28.2 Å². The predicted molar refractivity (Wildman–Crippen MR) is 97.9 cm³/mol. The molecule has 0 aliphatic carbocycles. The first-order valence-electron chi connectivity index (χ1n) is 7.84. The van der Waals surface area contributed by atoms with Gasteiger partial charge in [0.15, 0.2) is 5.72 Å². The number of benzene rings is 1. The Labute approximate surface area is 160 Å². The number of nitrogens with zero attached hydrogens (tertiary/aromatic N) is 1. The standard InChI is InChI=1S/C15H21BrN2O2.C2H2O4/c1-4-15(5-2,18-8-9-19-3)20-14-10-13(16)7-6-12(14)11-17;3-1(4)2(5)6/h6-7,10,18H,4-5,8-9H2,1-3H3;(H,3,4)(H,5,6). The van der Waals surface area contributed by atoms with Crippen molar-refractivity contribution in [2.45, 2.75) is 32.4 Å². The molecule has 0 amide bonds. The molecule has 9 heteroatoms. The SMILES string of the molecule is CCC(CC)(NCCOC)Oc1cc(Br)ccc1C#N.O=C(O)C(=O)O. The van der Waals surface area contributed by atoms with Crippen LogP contribution in [0.2, 0.25) is 0 Å². The zero-order chi connectivity index (χ0) is 20.2. The topological polar surface area (TPSA) is 129 Å². The van der Waals surface area contributed by atoms with Gasteiger partial charge < -0.3 is 19.7 Å². The summed E-state index contributed by atoms with van der Waals surface area (Å²) in [6, 6.07) is 7.58. The number of methoxy groups -OCH3 is 1. The molecule has 1 rings (SSSR count). The van der Waals surface area contributed by atoms with Crippen molar-refractivity contribution >= 4 is 27.9 Å². The van der Waals surface area contributed by atoms with E-state index < -0.39 is 17.7 Å². The number of nitriles is 1. The highest BCUT2D eigenvalue weighted by atomic mass is 79.9. The number of carbonyl (C=O) groups is 2. The van der Waals surface area contributed by atoms with Crippen molar-refractivity contribution in [3.8, 4) is 11.8 Å². The lowest BCUT2D eigenvalue weighted by molar-refractivity contribution is -0.159. The van der Waals surface area contributed by atoms with Gasteiger partial charge in [-0.15, -0.1) is 0 Å². The largest absolute Gasteiger partial charge is 0.473 e. The first-order chi connectivity index (χ1) is 12.2. The zero-order valence-electron chi connectivity index (χ0n) is 14.9. The van der Waals surface area contributed by atoms with E-state index >= 15 is 0 Å². The molecule has 0 spiro atoms. The number of nitrogens with one attached hydrogen (secondary N) is 1. The van der Waals surface area contributed by atoms with Crippen molar-refractivity contribution in [2.24, 2.45) is 0 Å². The van der Waals surface area contributed by atoms with Gasteiger partial charge in [0.1, 0.15) is 11.8 Å². The van der Waals surface area contributed by atoms with Crippen molar-refractivity contribution in [3.63, 3.8) is 0 Å². The number of hydrogen-bond acceptors (Lipinski definition) is 6. The quantitative estimate of drug-likeness (QED) is 0.326. The van der Waals surface area contributed by atoms with Gasteiger partial charge >= 0.3 is 11.9 Å². The molecular weight excluding hydrogens is 408 g/mol. The average molecular weight is 431 g/mol. The first-order valence-corrected chi connectivity index (χ1v) is 8.63. The lowest BCUT2D eigenvalue weighted by Crippen LogP contribution is -2.50. The van der Waals surface area contributed by atoms with Crippen LogP contribution in [-0.4, -0.2) is 48.1 Å². The second kappa shape index (κ2) is 12.2. The van der Waals surface area contributed by atoms with E-state index in [1.54, 1.807) is 13.2 Å². The summed E-state index contributed by atoms with van der Waals surface area (Å²) in [6.07, 6.45) is 1.59. The van der Waals surface area contributed by atoms with E-state index in [-0.39, 0.29) is 0 Å². The van der Waals surface area contributed by atoms with Gasteiger partial charge in [-0.05, 0) is 31.0 Å². The van der Waals surface area contributed by atoms with Gasteiger partial charge in [-0.3, -0.25) is 5.32 Å². The van der Waals surface area contributed by atoms with Crippen LogP contribution in [-0.2, 0) is 14.3 Å². The second-order valence-electron chi connectivity index (χ2n) is 5.09. The molecule has 0 heterocycles. The lowest BCUT2D eigenvalue weighted by Gasteiger charge is -2.34. The maximum Gasteiger partial charge on any atom is 0.414 e. The summed E-state index contributed by atoms with van der Waals surface area (Å²) in [5.74, 6) is -3.06. The lowest BCUT2D eigenvalue weighted by atomic mass is 10.1. The van der Waals surface area contributed by atoms with Crippen LogP contribution in [0.15, 0.2) is 22.7 Å². The van der Waals surface area contributed by atoms with E-state index in [1.165, 1.54) is 0 Å². The third kappa shape index (κ3) is 8.29.